The number of rotatable bonds is 6. The molecule has 1 aliphatic heterocycles. The summed E-state index contributed by atoms with van der Waals surface area (Å²) in [6, 6.07) is 12.1. The highest BCUT2D eigenvalue weighted by Gasteiger charge is 2.43. The molecule has 2 aliphatic rings. The number of carboxylic acid groups (broad SMARTS) is 2. The van der Waals surface area contributed by atoms with Crippen molar-refractivity contribution in [1.29, 1.82) is 0 Å². The number of nitrogens with one attached hydrogen (secondary N) is 1. The molecular formula is C29H24F6N4O8. The van der Waals surface area contributed by atoms with Crippen molar-refractivity contribution in [1.82, 2.24) is 20.6 Å². The van der Waals surface area contributed by atoms with Crippen LogP contribution in [0.1, 0.15) is 36.5 Å². The Morgan fingerprint density at radius 1 is 0.915 bits per heavy atom. The number of aliphatic hydroxyl groups is 1. The molecule has 18 heteroatoms. The molecule has 4 atom stereocenters. The van der Waals surface area contributed by atoms with E-state index in [-0.39, 0.29) is 24.0 Å². The highest BCUT2D eigenvalue weighted by Crippen LogP contribution is 2.43. The molecule has 4 N–H and O–H groups in total. The van der Waals surface area contributed by atoms with Crippen molar-refractivity contribution in [3.8, 4) is 40.0 Å². The Kier molecular flexibility index (Phi) is 9.26. The number of aromatic nitrogens is 3. The fourth-order valence-electron chi connectivity index (χ4n) is 5.25. The second-order valence-electron chi connectivity index (χ2n) is 10.7. The Balaban J connectivity index is 0.000000559. The van der Waals surface area contributed by atoms with Crippen LogP contribution >= 0.6 is 0 Å². The van der Waals surface area contributed by atoms with E-state index in [1.54, 1.807) is 36.4 Å². The van der Waals surface area contributed by atoms with Crippen molar-refractivity contribution in [2.75, 3.05) is 6.61 Å². The number of halogens is 6. The minimum absolute atomic E-state index is 0.00686. The summed E-state index contributed by atoms with van der Waals surface area (Å²) >= 11 is 0. The van der Waals surface area contributed by atoms with E-state index in [0.717, 1.165) is 0 Å². The van der Waals surface area contributed by atoms with E-state index in [1.165, 1.54) is 12.1 Å². The number of hydrogen-bond donors (Lipinski definition) is 4. The average Bonchev–Trinajstić information content (AvgIpc) is 3.78. The number of aliphatic hydroxyl groups excluding tert-OH is 1. The summed E-state index contributed by atoms with van der Waals surface area (Å²) in [7, 11) is 0. The van der Waals surface area contributed by atoms with E-state index in [0.29, 0.717) is 36.1 Å². The topological polar surface area (TPSA) is 181 Å². The van der Waals surface area contributed by atoms with Crippen molar-refractivity contribution < 1.29 is 65.0 Å². The van der Waals surface area contributed by atoms with Crippen LogP contribution in [0.15, 0.2) is 57.6 Å². The fourth-order valence-corrected chi connectivity index (χ4v) is 5.25. The molecule has 2 aromatic heterocycles. The number of hydrogen-bond acceptors (Lipinski definition) is 10. The van der Waals surface area contributed by atoms with Crippen molar-refractivity contribution in [3.05, 3.63) is 59.7 Å². The van der Waals surface area contributed by atoms with Gasteiger partial charge in [-0.05, 0) is 25.3 Å². The third kappa shape index (κ3) is 7.38. The van der Waals surface area contributed by atoms with Crippen molar-refractivity contribution in [3.63, 3.8) is 0 Å². The molecule has 0 radical (unpaired) electrons. The molecule has 0 spiro atoms. The number of nitrogens with zero attached hydrogens (tertiary/aromatic N) is 3. The van der Waals surface area contributed by atoms with Crippen LogP contribution in [0.25, 0.3) is 34.3 Å². The normalized spacial score (nSPS) is 20.9. The summed E-state index contributed by atoms with van der Waals surface area (Å²) in [5.41, 5.74) is -0.396. The largest absolute Gasteiger partial charge is 0.491 e. The summed E-state index contributed by atoms with van der Waals surface area (Å²) in [6.45, 7) is 0.138. The molecule has 1 saturated carbocycles. The van der Waals surface area contributed by atoms with E-state index in [9.17, 15) is 41.4 Å². The Morgan fingerprint density at radius 3 is 2.23 bits per heavy atom. The standard InChI is InChI=1S/C27H23F3N4O6.C2HF3O2/c28-27(29,30)20-21(13-4-2-1-3-5-13)33-39-23(20)25-32-24(34-40-25)14-7-9-17-19(11-14)38-12-18(22(17)35)31-16-8-6-15(10-16)26(36)37;3-2(4,5)1(6)7/h1-5,7,9,11,15-16,18,22,31,35H,6,8,10,12H2,(H,36,37);(H,6,7). The number of fused-ring (bicyclic) bond motifs is 1. The third-order valence-corrected chi connectivity index (χ3v) is 7.51. The molecule has 3 heterocycles. The number of alkyl halides is 6. The monoisotopic (exact) mass is 670 g/mol. The molecule has 4 unspecified atom stereocenters. The van der Waals surface area contributed by atoms with Crippen molar-refractivity contribution in [2.24, 2.45) is 5.92 Å². The van der Waals surface area contributed by atoms with Crippen LogP contribution < -0.4 is 10.1 Å². The Morgan fingerprint density at radius 2 is 1.62 bits per heavy atom. The second kappa shape index (κ2) is 13.0. The molecular weight excluding hydrogens is 646 g/mol. The molecule has 47 heavy (non-hydrogen) atoms. The van der Waals surface area contributed by atoms with Gasteiger partial charge in [0.15, 0.2) is 0 Å². The number of aliphatic carboxylic acids is 2. The highest BCUT2D eigenvalue weighted by atomic mass is 19.4. The van der Waals surface area contributed by atoms with E-state index in [4.69, 9.17) is 23.7 Å². The van der Waals surface area contributed by atoms with Gasteiger partial charge in [0.25, 0.3) is 5.89 Å². The summed E-state index contributed by atoms with van der Waals surface area (Å²) in [6.07, 6.45) is -9.04. The summed E-state index contributed by atoms with van der Waals surface area (Å²) in [4.78, 5) is 24.3. The maximum atomic E-state index is 14.0. The van der Waals surface area contributed by atoms with Crippen molar-refractivity contribution >= 4 is 11.9 Å². The average molecular weight is 671 g/mol. The molecule has 2 aromatic carbocycles. The lowest BCUT2D eigenvalue weighted by atomic mass is 9.96. The van der Waals surface area contributed by atoms with Crippen LogP contribution in [0.4, 0.5) is 26.3 Å². The lowest BCUT2D eigenvalue weighted by Gasteiger charge is -2.33. The van der Waals surface area contributed by atoms with Crippen LogP contribution in [0.5, 0.6) is 5.75 Å². The van der Waals surface area contributed by atoms with Crippen LogP contribution in [0.3, 0.4) is 0 Å². The third-order valence-electron chi connectivity index (χ3n) is 7.51. The van der Waals surface area contributed by atoms with Gasteiger partial charge < -0.3 is 34.4 Å². The Bertz CT molecular complexity index is 1740. The van der Waals surface area contributed by atoms with Gasteiger partial charge in [0.2, 0.25) is 11.6 Å². The van der Waals surface area contributed by atoms with Gasteiger partial charge in [-0.15, -0.1) is 0 Å². The molecule has 1 fully saturated rings. The zero-order chi connectivity index (χ0) is 34.1. The second-order valence-corrected chi connectivity index (χ2v) is 10.7. The Hall–Kier alpha value is -4.97. The predicted octanol–water partition coefficient (Wildman–Crippen LogP) is 5.35. The van der Waals surface area contributed by atoms with Crippen LogP contribution in [-0.4, -0.2) is 67.4 Å². The van der Waals surface area contributed by atoms with Gasteiger partial charge in [0, 0.05) is 22.7 Å². The number of ether oxygens (including phenoxy) is 1. The maximum absolute atomic E-state index is 14.0. The van der Waals surface area contributed by atoms with Crippen LogP contribution in [0.2, 0.25) is 0 Å². The van der Waals surface area contributed by atoms with Gasteiger partial charge in [-0.2, -0.15) is 31.3 Å². The first kappa shape index (κ1) is 33.4. The summed E-state index contributed by atoms with van der Waals surface area (Å²) in [5.74, 6) is -4.80. The molecule has 4 aromatic rings. The maximum Gasteiger partial charge on any atom is 0.490 e. The van der Waals surface area contributed by atoms with E-state index >= 15 is 0 Å². The quantitative estimate of drug-likeness (QED) is 0.194. The van der Waals surface area contributed by atoms with E-state index < -0.39 is 65.3 Å². The highest BCUT2D eigenvalue weighted by molar-refractivity contribution is 5.73. The van der Waals surface area contributed by atoms with Crippen molar-refractivity contribution in [2.45, 2.75) is 49.8 Å². The first-order valence-corrected chi connectivity index (χ1v) is 13.8. The molecule has 0 amide bonds. The van der Waals surface area contributed by atoms with Crippen LogP contribution in [-0.2, 0) is 15.8 Å². The zero-order valence-corrected chi connectivity index (χ0v) is 23.7. The van der Waals surface area contributed by atoms with E-state index in [1.807, 2.05) is 0 Å². The first-order chi connectivity index (χ1) is 22.1. The smallest absolute Gasteiger partial charge is 0.490 e. The minimum Gasteiger partial charge on any atom is -0.491 e. The zero-order valence-electron chi connectivity index (χ0n) is 23.7. The fraction of sp³-hybridized carbons (Fsp3) is 0.345. The summed E-state index contributed by atoms with van der Waals surface area (Å²) in [5, 5.41) is 38.0. The Labute approximate surface area is 259 Å². The predicted molar refractivity (Wildman–Crippen MR) is 146 cm³/mol. The number of carbonyl (C=O) groups is 2. The minimum atomic E-state index is -5.08. The lowest BCUT2D eigenvalue weighted by Crippen LogP contribution is -2.46. The molecule has 1 aliphatic carbocycles. The summed E-state index contributed by atoms with van der Waals surface area (Å²) < 4.78 is 89.8. The molecule has 0 saturated heterocycles. The van der Waals surface area contributed by atoms with Gasteiger partial charge in [-0.1, -0.05) is 52.8 Å². The van der Waals surface area contributed by atoms with Gasteiger partial charge in [-0.25, -0.2) is 4.79 Å². The molecule has 6 rings (SSSR count). The molecule has 12 nitrogen and oxygen atoms in total. The number of carboxylic acids is 2. The van der Waals surface area contributed by atoms with Gasteiger partial charge in [-0.3, -0.25) is 4.79 Å². The van der Waals surface area contributed by atoms with Gasteiger partial charge >= 0.3 is 24.3 Å². The number of benzene rings is 2. The van der Waals surface area contributed by atoms with Gasteiger partial charge in [0.05, 0.1) is 12.0 Å². The lowest BCUT2D eigenvalue weighted by molar-refractivity contribution is -0.192. The molecule has 0 bridgehead atoms. The molecule has 250 valence electrons. The van der Waals surface area contributed by atoms with E-state index in [2.05, 4.69) is 20.6 Å². The first-order valence-electron chi connectivity index (χ1n) is 13.8. The van der Waals surface area contributed by atoms with Gasteiger partial charge in [0.1, 0.15) is 29.7 Å². The van der Waals surface area contributed by atoms with Crippen LogP contribution in [0, 0.1) is 5.92 Å². The SMILES string of the molecule is O=C(O)C(F)(F)F.O=C(O)C1CCC(NC2COc3cc(-c4noc(-c5onc(-c6ccccc6)c5C(F)(F)F)n4)ccc3C2O)C1.